The number of furan rings is 1. The summed E-state index contributed by atoms with van der Waals surface area (Å²) >= 11 is 0. The summed E-state index contributed by atoms with van der Waals surface area (Å²) in [5, 5.41) is 2.04. The molecule has 0 radical (unpaired) electrons. The van der Waals surface area contributed by atoms with E-state index in [-0.39, 0.29) is 12.4 Å². The first-order chi connectivity index (χ1) is 11.7. The Morgan fingerprint density at radius 3 is 2.50 bits per heavy atom. The molecule has 1 aromatic heterocycles. The Morgan fingerprint density at radius 2 is 1.67 bits per heavy atom. The lowest BCUT2D eigenvalue weighted by molar-refractivity contribution is 0.0921. The highest BCUT2D eigenvalue weighted by Gasteiger charge is 2.10. The first-order valence-electron chi connectivity index (χ1n) is 7.85. The van der Waals surface area contributed by atoms with E-state index in [0.29, 0.717) is 11.3 Å². The van der Waals surface area contributed by atoms with E-state index < -0.39 is 0 Å². The van der Waals surface area contributed by atoms with Crippen molar-refractivity contribution in [1.82, 2.24) is 0 Å². The average molecular weight is 316 g/mol. The zero-order chi connectivity index (χ0) is 16.5. The second-order valence-electron chi connectivity index (χ2n) is 5.83. The highest BCUT2D eigenvalue weighted by Crippen LogP contribution is 2.31. The molecule has 0 atom stereocenters. The standard InChI is InChI=1S/C21H16O3/c1-14-6-8-15(9-7-14)19(22)13-23-16-10-11-21-18(12-16)17-4-2-3-5-20(17)24-21/h2-12H,13H2,1H3. The minimum absolute atomic E-state index is 0.0182. The Kier molecular flexibility index (Phi) is 3.54. The molecule has 0 unspecified atom stereocenters. The number of aryl methyl sites for hydroxylation is 1. The van der Waals surface area contributed by atoms with E-state index in [2.05, 4.69) is 0 Å². The van der Waals surface area contributed by atoms with Crippen LogP contribution < -0.4 is 4.74 Å². The molecule has 24 heavy (non-hydrogen) atoms. The molecule has 0 saturated heterocycles. The predicted octanol–water partition coefficient (Wildman–Crippen LogP) is 5.16. The Labute approximate surface area is 139 Å². The lowest BCUT2D eigenvalue weighted by Gasteiger charge is -2.06. The maximum atomic E-state index is 12.2. The van der Waals surface area contributed by atoms with Crippen molar-refractivity contribution < 1.29 is 13.9 Å². The normalized spacial score (nSPS) is 11.0. The average Bonchev–Trinajstić information content (AvgIpc) is 2.98. The van der Waals surface area contributed by atoms with Gasteiger partial charge in [0.25, 0.3) is 0 Å². The topological polar surface area (TPSA) is 39.4 Å². The van der Waals surface area contributed by atoms with Crippen molar-refractivity contribution in [2.24, 2.45) is 0 Å². The van der Waals surface area contributed by atoms with Crippen LogP contribution in [0.1, 0.15) is 15.9 Å². The molecule has 4 rings (SSSR count). The lowest BCUT2D eigenvalue weighted by atomic mass is 10.1. The number of ketones is 1. The van der Waals surface area contributed by atoms with Gasteiger partial charge in [-0.25, -0.2) is 0 Å². The van der Waals surface area contributed by atoms with Crippen LogP contribution in [0.5, 0.6) is 5.75 Å². The zero-order valence-electron chi connectivity index (χ0n) is 13.3. The summed E-state index contributed by atoms with van der Waals surface area (Å²) in [5.41, 5.74) is 3.45. The van der Waals surface area contributed by atoms with Crippen LogP contribution in [0.15, 0.2) is 71.1 Å². The van der Waals surface area contributed by atoms with Crippen LogP contribution in [-0.4, -0.2) is 12.4 Å². The summed E-state index contributed by atoms with van der Waals surface area (Å²) in [7, 11) is 0. The number of para-hydroxylation sites is 1. The SMILES string of the molecule is Cc1ccc(C(=O)COc2ccc3oc4ccccc4c3c2)cc1. The number of Topliss-reactive ketones (excluding diaryl/α,β-unsaturated/α-hetero) is 1. The van der Waals surface area contributed by atoms with Crippen molar-refractivity contribution in [3.8, 4) is 5.75 Å². The van der Waals surface area contributed by atoms with Crippen molar-refractivity contribution in [2.75, 3.05) is 6.61 Å². The van der Waals surface area contributed by atoms with Crippen molar-refractivity contribution in [3.63, 3.8) is 0 Å². The van der Waals surface area contributed by atoms with Crippen molar-refractivity contribution >= 4 is 27.7 Å². The Bertz CT molecular complexity index is 1030. The van der Waals surface area contributed by atoms with Gasteiger partial charge in [-0.2, -0.15) is 0 Å². The molecular formula is C21H16O3. The van der Waals surface area contributed by atoms with Crippen molar-refractivity contribution in [3.05, 3.63) is 77.9 Å². The van der Waals surface area contributed by atoms with Crippen LogP contribution in [0.2, 0.25) is 0 Å². The molecule has 0 aliphatic rings. The van der Waals surface area contributed by atoms with Gasteiger partial charge in [-0.1, -0.05) is 48.0 Å². The van der Waals surface area contributed by atoms with Gasteiger partial charge in [-0.3, -0.25) is 4.79 Å². The molecule has 0 amide bonds. The molecule has 3 nitrogen and oxygen atoms in total. The van der Waals surface area contributed by atoms with Gasteiger partial charge < -0.3 is 9.15 Å². The van der Waals surface area contributed by atoms with Crippen molar-refractivity contribution in [2.45, 2.75) is 6.92 Å². The molecule has 0 fully saturated rings. The molecule has 0 spiro atoms. The number of hydrogen-bond acceptors (Lipinski definition) is 3. The third kappa shape index (κ3) is 2.65. The van der Waals surface area contributed by atoms with Gasteiger partial charge in [0.1, 0.15) is 16.9 Å². The molecule has 118 valence electrons. The Morgan fingerprint density at radius 1 is 0.917 bits per heavy atom. The van der Waals surface area contributed by atoms with Gasteiger partial charge >= 0.3 is 0 Å². The van der Waals surface area contributed by atoms with E-state index in [9.17, 15) is 4.79 Å². The fourth-order valence-electron chi connectivity index (χ4n) is 2.77. The lowest BCUT2D eigenvalue weighted by Crippen LogP contribution is -2.11. The highest BCUT2D eigenvalue weighted by atomic mass is 16.5. The van der Waals surface area contributed by atoms with E-state index in [1.54, 1.807) is 0 Å². The largest absolute Gasteiger partial charge is 0.485 e. The molecular weight excluding hydrogens is 300 g/mol. The molecule has 1 heterocycles. The maximum absolute atomic E-state index is 12.2. The zero-order valence-corrected chi connectivity index (χ0v) is 13.3. The Balaban J connectivity index is 1.57. The third-order valence-corrected chi connectivity index (χ3v) is 4.09. The van der Waals surface area contributed by atoms with Gasteiger partial charge in [-0.15, -0.1) is 0 Å². The summed E-state index contributed by atoms with van der Waals surface area (Å²) in [6, 6.07) is 21.0. The van der Waals surface area contributed by atoms with Crippen LogP contribution in [-0.2, 0) is 0 Å². The number of carbonyl (C=O) groups excluding carboxylic acids is 1. The van der Waals surface area contributed by atoms with Crippen LogP contribution >= 0.6 is 0 Å². The van der Waals surface area contributed by atoms with Gasteiger partial charge in [-0.05, 0) is 31.2 Å². The first-order valence-corrected chi connectivity index (χ1v) is 7.85. The van der Waals surface area contributed by atoms with Crippen LogP contribution in [0, 0.1) is 6.92 Å². The van der Waals surface area contributed by atoms with Crippen LogP contribution in [0.4, 0.5) is 0 Å². The number of benzene rings is 3. The van der Waals surface area contributed by atoms with Crippen molar-refractivity contribution in [1.29, 1.82) is 0 Å². The van der Waals surface area contributed by atoms with E-state index in [0.717, 1.165) is 27.5 Å². The third-order valence-electron chi connectivity index (χ3n) is 4.09. The number of hydrogen-bond donors (Lipinski definition) is 0. The summed E-state index contributed by atoms with van der Waals surface area (Å²) < 4.78 is 11.5. The smallest absolute Gasteiger partial charge is 0.200 e. The van der Waals surface area contributed by atoms with Gasteiger partial charge in [0.2, 0.25) is 0 Å². The van der Waals surface area contributed by atoms with E-state index in [4.69, 9.17) is 9.15 Å². The quantitative estimate of drug-likeness (QED) is 0.488. The molecule has 4 aromatic rings. The minimum Gasteiger partial charge on any atom is -0.485 e. The van der Waals surface area contributed by atoms with Gasteiger partial charge in [0, 0.05) is 16.3 Å². The van der Waals surface area contributed by atoms with E-state index in [1.165, 1.54) is 0 Å². The molecule has 3 aromatic carbocycles. The monoisotopic (exact) mass is 316 g/mol. The predicted molar refractivity (Wildman–Crippen MR) is 94.7 cm³/mol. The molecule has 3 heteroatoms. The fourth-order valence-corrected chi connectivity index (χ4v) is 2.77. The van der Waals surface area contributed by atoms with Gasteiger partial charge in [0.15, 0.2) is 12.4 Å². The number of fused-ring (bicyclic) bond motifs is 3. The number of ether oxygens (including phenoxy) is 1. The van der Waals surface area contributed by atoms with Gasteiger partial charge in [0.05, 0.1) is 0 Å². The molecule has 0 saturated carbocycles. The second kappa shape index (κ2) is 5.85. The molecule has 0 aliphatic heterocycles. The van der Waals surface area contributed by atoms with E-state index >= 15 is 0 Å². The fraction of sp³-hybridized carbons (Fsp3) is 0.0952. The summed E-state index contributed by atoms with van der Waals surface area (Å²) in [6.07, 6.45) is 0. The van der Waals surface area contributed by atoms with E-state index in [1.807, 2.05) is 73.7 Å². The van der Waals surface area contributed by atoms with Crippen LogP contribution in [0.25, 0.3) is 21.9 Å². The first kappa shape index (κ1) is 14.5. The summed E-state index contributed by atoms with van der Waals surface area (Å²) in [6.45, 7) is 2.01. The number of carbonyl (C=O) groups is 1. The Hall–Kier alpha value is -3.07. The van der Waals surface area contributed by atoms with Crippen LogP contribution in [0.3, 0.4) is 0 Å². The molecule has 0 bridgehead atoms. The maximum Gasteiger partial charge on any atom is 0.200 e. The highest BCUT2D eigenvalue weighted by molar-refractivity contribution is 6.05. The summed E-state index contributed by atoms with van der Waals surface area (Å²) in [4.78, 5) is 12.2. The summed E-state index contributed by atoms with van der Waals surface area (Å²) in [5.74, 6) is 0.627. The number of rotatable bonds is 4. The second-order valence-corrected chi connectivity index (χ2v) is 5.83. The molecule has 0 aliphatic carbocycles. The molecule has 0 N–H and O–H groups in total. The minimum atomic E-state index is -0.0350.